The van der Waals surface area contributed by atoms with Crippen LogP contribution in [0.5, 0.6) is 0 Å². The Hall–Kier alpha value is -1.10. The van der Waals surface area contributed by atoms with Gasteiger partial charge in [0.05, 0.1) is 0 Å². The molecule has 1 aliphatic rings. The number of amides is 1. The summed E-state index contributed by atoms with van der Waals surface area (Å²) >= 11 is 0. The summed E-state index contributed by atoms with van der Waals surface area (Å²) in [5.74, 6) is -1.66. The van der Waals surface area contributed by atoms with Gasteiger partial charge in [0.2, 0.25) is 11.6 Å². The van der Waals surface area contributed by atoms with Crippen molar-refractivity contribution in [1.29, 1.82) is 0 Å². The molecule has 74 valence electrons. The molecule has 1 amide bonds. The predicted molar refractivity (Wildman–Crippen MR) is 43.8 cm³/mol. The lowest BCUT2D eigenvalue weighted by atomic mass is 10.1. The van der Waals surface area contributed by atoms with Crippen molar-refractivity contribution in [3.8, 4) is 0 Å². The van der Waals surface area contributed by atoms with Crippen molar-refractivity contribution in [3.63, 3.8) is 0 Å². The topological polar surface area (TPSA) is 77.8 Å². The molecule has 1 aliphatic heterocycles. The van der Waals surface area contributed by atoms with Crippen molar-refractivity contribution in [2.45, 2.75) is 31.9 Å². The summed E-state index contributed by atoms with van der Waals surface area (Å²) in [5.41, 5.74) is -1.97. The van der Waals surface area contributed by atoms with Crippen molar-refractivity contribution in [3.05, 3.63) is 0 Å². The molecule has 0 spiro atoms. The van der Waals surface area contributed by atoms with E-state index in [9.17, 15) is 14.7 Å². The molecule has 5 heteroatoms. The van der Waals surface area contributed by atoms with Crippen LogP contribution in [0.4, 0.5) is 0 Å². The SMILES string of the molecule is CCC(=O)N1CCCC1(O)C(=O)O. The number of hydrogen-bond acceptors (Lipinski definition) is 3. The number of rotatable bonds is 2. The van der Waals surface area contributed by atoms with Crippen LogP contribution in [0.1, 0.15) is 26.2 Å². The highest BCUT2D eigenvalue weighted by atomic mass is 16.4. The summed E-state index contributed by atoms with van der Waals surface area (Å²) in [6.45, 7) is 1.97. The molecule has 1 saturated heterocycles. The highest BCUT2D eigenvalue weighted by Crippen LogP contribution is 2.27. The fourth-order valence-corrected chi connectivity index (χ4v) is 1.55. The maximum absolute atomic E-state index is 11.2. The van der Waals surface area contributed by atoms with E-state index in [4.69, 9.17) is 5.11 Å². The number of hydrogen-bond donors (Lipinski definition) is 2. The van der Waals surface area contributed by atoms with E-state index in [1.807, 2.05) is 0 Å². The summed E-state index contributed by atoms with van der Waals surface area (Å²) in [6, 6.07) is 0. The summed E-state index contributed by atoms with van der Waals surface area (Å²) in [4.78, 5) is 23.0. The Morgan fingerprint density at radius 2 is 2.15 bits per heavy atom. The second-order valence-electron chi connectivity index (χ2n) is 3.12. The lowest BCUT2D eigenvalue weighted by Gasteiger charge is -2.29. The first-order chi connectivity index (χ1) is 6.02. The van der Waals surface area contributed by atoms with Crippen molar-refractivity contribution in [2.24, 2.45) is 0 Å². The molecular weight excluding hydrogens is 174 g/mol. The standard InChI is InChI=1S/C8H13NO4/c1-2-6(10)9-5-3-4-8(9,13)7(11)12/h13H,2-5H2,1H3,(H,11,12). The lowest BCUT2D eigenvalue weighted by molar-refractivity contribution is -0.182. The number of carbonyl (C=O) groups excluding carboxylic acids is 1. The van der Waals surface area contributed by atoms with Crippen LogP contribution in [-0.4, -0.2) is 39.3 Å². The average molecular weight is 187 g/mol. The Morgan fingerprint density at radius 3 is 2.62 bits per heavy atom. The Balaban J connectivity index is 2.85. The number of carboxylic acid groups (broad SMARTS) is 1. The Morgan fingerprint density at radius 1 is 1.54 bits per heavy atom. The quantitative estimate of drug-likeness (QED) is 0.627. The summed E-state index contributed by atoms with van der Waals surface area (Å²) < 4.78 is 0. The van der Waals surface area contributed by atoms with Gasteiger partial charge in [-0.2, -0.15) is 0 Å². The first kappa shape index (κ1) is 9.98. The van der Waals surface area contributed by atoms with Crippen LogP contribution in [0.15, 0.2) is 0 Å². The number of carboxylic acids is 1. The molecule has 0 aromatic rings. The summed E-state index contributed by atoms with van der Waals surface area (Å²) in [5, 5.41) is 18.4. The maximum Gasteiger partial charge on any atom is 0.357 e. The molecule has 0 radical (unpaired) electrons. The summed E-state index contributed by atoms with van der Waals surface area (Å²) in [6.07, 6.45) is 0.873. The highest BCUT2D eigenvalue weighted by Gasteiger charge is 2.47. The number of aliphatic carboxylic acids is 1. The van der Waals surface area contributed by atoms with Crippen molar-refractivity contribution >= 4 is 11.9 Å². The van der Waals surface area contributed by atoms with Crippen LogP contribution in [0, 0.1) is 0 Å². The van der Waals surface area contributed by atoms with Gasteiger partial charge in [-0.15, -0.1) is 0 Å². The number of likely N-dealkylation sites (tertiary alicyclic amines) is 1. The third-order valence-corrected chi connectivity index (χ3v) is 2.30. The lowest BCUT2D eigenvalue weighted by Crippen LogP contribution is -2.52. The molecule has 0 bridgehead atoms. The zero-order valence-electron chi connectivity index (χ0n) is 7.49. The van der Waals surface area contributed by atoms with Crippen LogP contribution >= 0.6 is 0 Å². The smallest absolute Gasteiger partial charge is 0.357 e. The molecule has 5 nitrogen and oxygen atoms in total. The molecule has 1 fully saturated rings. The van der Waals surface area contributed by atoms with Crippen LogP contribution < -0.4 is 0 Å². The largest absolute Gasteiger partial charge is 0.478 e. The van der Waals surface area contributed by atoms with Crippen LogP contribution in [0.2, 0.25) is 0 Å². The van der Waals surface area contributed by atoms with Gasteiger partial charge in [0.1, 0.15) is 0 Å². The zero-order chi connectivity index (χ0) is 10.1. The third-order valence-electron chi connectivity index (χ3n) is 2.30. The van der Waals surface area contributed by atoms with Gasteiger partial charge in [-0.25, -0.2) is 4.79 Å². The molecule has 1 atom stereocenters. The van der Waals surface area contributed by atoms with Crippen LogP contribution in [0.25, 0.3) is 0 Å². The molecular formula is C8H13NO4. The minimum absolute atomic E-state index is 0.119. The van der Waals surface area contributed by atoms with Crippen molar-refractivity contribution < 1.29 is 19.8 Å². The Labute approximate surface area is 76.0 Å². The molecule has 1 rings (SSSR count). The second kappa shape index (κ2) is 3.33. The third kappa shape index (κ3) is 1.51. The summed E-state index contributed by atoms with van der Waals surface area (Å²) in [7, 11) is 0. The second-order valence-corrected chi connectivity index (χ2v) is 3.12. The van der Waals surface area contributed by atoms with E-state index in [1.54, 1.807) is 6.92 Å². The molecule has 0 aromatic heterocycles. The fraction of sp³-hybridized carbons (Fsp3) is 0.750. The van der Waals surface area contributed by atoms with Crippen molar-refractivity contribution in [2.75, 3.05) is 6.54 Å². The van der Waals surface area contributed by atoms with E-state index in [0.29, 0.717) is 13.0 Å². The molecule has 13 heavy (non-hydrogen) atoms. The van der Waals surface area contributed by atoms with Gasteiger partial charge < -0.3 is 15.1 Å². The zero-order valence-corrected chi connectivity index (χ0v) is 7.49. The Kier molecular flexibility index (Phi) is 2.56. The van der Waals surface area contributed by atoms with E-state index in [2.05, 4.69) is 0 Å². The van der Waals surface area contributed by atoms with Gasteiger partial charge in [-0.1, -0.05) is 6.92 Å². The maximum atomic E-state index is 11.2. The van der Waals surface area contributed by atoms with E-state index < -0.39 is 11.7 Å². The highest BCUT2D eigenvalue weighted by molar-refractivity contribution is 5.86. The van der Waals surface area contributed by atoms with Gasteiger partial charge in [0.25, 0.3) is 0 Å². The van der Waals surface area contributed by atoms with Gasteiger partial charge in [-0.3, -0.25) is 4.79 Å². The number of aliphatic hydroxyl groups is 1. The van der Waals surface area contributed by atoms with Crippen LogP contribution in [-0.2, 0) is 9.59 Å². The van der Waals surface area contributed by atoms with Gasteiger partial charge in [0, 0.05) is 19.4 Å². The van der Waals surface area contributed by atoms with Crippen molar-refractivity contribution in [1.82, 2.24) is 4.90 Å². The van der Waals surface area contributed by atoms with Gasteiger partial charge in [-0.05, 0) is 6.42 Å². The van der Waals surface area contributed by atoms with E-state index in [1.165, 1.54) is 0 Å². The Bertz CT molecular complexity index is 240. The monoisotopic (exact) mass is 187 g/mol. The normalized spacial score (nSPS) is 27.7. The molecule has 2 N–H and O–H groups in total. The van der Waals surface area contributed by atoms with Crippen LogP contribution in [0.3, 0.4) is 0 Å². The molecule has 1 heterocycles. The van der Waals surface area contributed by atoms with E-state index in [0.717, 1.165) is 4.90 Å². The van der Waals surface area contributed by atoms with Gasteiger partial charge in [0.15, 0.2) is 0 Å². The average Bonchev–Trinajstić information content (AvgIpc) is 2.47. The molecule has 1 unspecified atom stereocenters. The fourth-order valence-electron chi connectivity index (χ4n) is 1.55. The molecule has 0 aromatic carbocycles. The number of nitrogens with zero attached hydrogens (tertiary/aromatic N) is 1. The molecule has 0 saturated carbocycles. The number of carbonyl (C=O) groups is 2. The minimum Gasteiger partial charge on any atom is -0.478 e. The van der Waals surface area contributed by atoms with E-state index in [-0.39, 0.29) is 18.7 Å². The van der Waals surface area contributed by atoms with E-state index >= 15 is 0 Å². The first-order valence-electron chi connectivity index (χ1n) is 4.28. The molecule has 0 aliphatic carbocycles. The minimum atomic E-state index is -1.97. The first-order valence-corrected chi connectivity index (χ1v) is 4.28. The van der Waals surface area contributed by atoms with Gasteiger partial charge >= 0.3 is 5.97 Å². The predicted octanol–water partition coefficient (Wildman–Crippen LogP) is -0.208.